The molecule has 0 radical (unpaired) electrons. The van der Waals surface area contributed by atoms with Gasteiger partial charge in [0.05, 0.1) is 21.8 Å². The minimum atomic E-state index is -4.93. The number of rotatable bonds is 4. The summed E-state index contributed by atoms with van der Waals surface area (Å²) in [6.45, 7) is 0. The second-order valence-corrected chi connectivity index (χ2v) is 9.53. The Kier molecular flexibility index (Phi) is 5.54. The Balaban J connectivity index is 1.93. The molecule has 0 aliphatic heterocycles. The van der Waals surface area contributed by atoms with Gasteiger partial charge in [0.15, 0.2) is 5.03 Å². The third kappa shape index (κ3) is 3.77. The summed E-state index contributed by atoms with van der Waals surface area (Å²) in [6, 6.07) is 8.45. The van der Waals surface area contributed by atoms with Crippen LogP contribution in [0, 0.1) is 0 Å². The smallest absolute Gasteiger partial charge is 0.417 e. The molecule has 3 aromatic rings. The molecule has 0 atom stereocenters. The van der Waals surface area contributed by atoms with Crippen LogP contribution in [0.25, 0.3) is 5.69 Å². The summed E-state index contributed by atoms with van der Waals surface area (Å²) in [5.74, 6) is -1.12. The van der Waals surface area contributed by atoms with Crippen molar-refractivity contribution in [3.05, 3.63) is 69.9 Å². The van der Waals surface area contributed by atoms with Crippen molar-refractivity contribution in [2.75, 3.05) is 0 Å². The molecule has 0 unspecified atom stereocenters. The lowest BCUT2D eigenvalue weighted by Gasteiger charge is -2.16. The maximum absolute atomic E-state index is 13.6. The topological polar surface area (TPSA) is 89.3 Å². The van der Waals surface area contributed by atoms with Crippen LogP contribution in [0.2, 0.25) is 5.02 Å². The second kappa shape index (κ2) is 7.93. The van der Waals surface area contributed by atoms with E-state index < -0.39 is 42.5 Å². The van der Waals surface area contributed by atoms with Crippen molar-refractivity contribution >= 4 is 27.4 Å². The van der Waals surface area contributed by atoms with Gasteiger partial charge in [0.1, 0.15) is 4.90 Å². The highest BCUT2D eigenvalue weighted by atomic mass is 35.5. The lowest BCUT2D eigenvalue weighted by Crippen LogP contribution is -2.16. The number of aromatic carboxylic acids is 1. The first-order valence-corrected chi connectivity index (χ1v) is 11.4. The normalized spacial score (nSPS) is 14.2. The molecule has 0 spiro atoms. The van der Waals surface area contributed by atoms with Gasteiger partial charge in [-0.15, -0.1) is 0 Å². The number of benzene rings is 2. The maximum atomic E-state index is 13.6. The standard InChI is InChI=1S/C21H16ClF3N2O4S/c22-16-6-3-5-15(21(23,24)25)18(16)32(30,31)19-14-4-1-2-7-17(14)27(26-19)13-10-8-12(9-11-13)20(28)29/h3,5-6,8-11H,1-2,4,7H2,(H,28,29). The van der Waals surface area contributed by atoms with Crippen LogP contribution in [-0.4, -0.2) is 29.3 Å². The highest BCUT2D eigenvalue weighted by molar-refractivity contribution is 7.91. The number of hydrogen-bond donors (Lipinski definition) is 1. The van der Waals surface area contributed by atoms with E-state index in [0.29, 0.717) is 42.3 Å². The summed E-state index contributed by atoms with van der Waals surface area (Å²) in [4.78, 5) is 10.1. The molecule has 0 fully saturated rings. The van der Waals surface area contributed by atoms with Crippen molar-refractivity contribution in [1.82, 2.24) is 9.78 Å². The van der Waals surface area contributed by atoms with Crippen LogP contribution in [0.5, 0.6) is 0 Å². The Labute approximate surface area is 186 Å². The molecule has 11 heteroatoms. The summed E-state index contributed by atoms with van der Waals surface area (Å²) in [6.07, 6.45) is -2.70. The van der Waals surface area contributed by atoms with Crippen molar-refractivity contribution in [2.24, 2.45) is 0 Å². The van der Waals surface area contributed by atoms with Crippen LogP contribution in [0.3, 0.4) is 0 Å². The molecule has 0 saturated heterocycles. The molecule has 1 aliphatic rings. The number of fused-ring (bicyclic) bond motifs is 1. The predicted octanol–water partition coefficient (Wildman–Crippen LogP) is 4.95. The van der Waals surface area contributed by atoms with E-state index in [9.17, 15) is 26.4 Å². The minimum absolute atomic E-state index is 0.0357. The van der Waals surface area contributed by atoms with E-state index in [1.165, 1.54) is 28.9 Å². The van der Waals surface area contributed by atoms with Gasteiger partial charge in [-0.1, -0.05) is 17.7 Å². The maximum Gasteiger partial charge on any atom is 0.417 e. The summed E-state index contributed by atoms with van der Waals surface area (Å²) in [5, 5.41) is 12.3. The SMILES string of the molecule is O=C(O)c1ccc(-n2nc(S(=O)(=O)c3c(Cl)cccc3C(F)(F)F)c3c2CCCC3)cc1. The molecule has 1 heterocycles. The number of nitrogens with zero attached hydrogens (tertiary/aromatic N) is 2. The predicted molar refractivity (Wildman–Crippen MR) is 109 cm³/mol. The summed E-state index contributed by atoms with van der Waals surface area (Å²) >= 11 is 5.95. The van der Waals surface area contributed by atoms with Gasteiger partial charge in [0, 0.05) is 11.3 Å². The van der Waals surface area contributed by atoms with Crippen molar-refractivity contribution < 1.29 is 31.5 Å². The molecule has 2 aromatic carbocycles. The monoisotopic (exact) mass is 484 g/mol. The molecular formula is C21H16ClF3N2O4S. The van der Waals surface area contributed by atoms with Crippen LogP contribution in [0.15, 0.2) is 52.4 Å². The van der Waals surface area contributed by atoms with Gasteiger partial charge in [0.25, 0.3) is 0 Å². The van der Waals surface area contributed by atoms with Crippen LogP contribution in [0.4, 0.5) is 13.2 Å². The fraction of sp³-hybridized carbons (Fsp3) is 0.238. The number of halogens is 4. The average molecular weight is 485 g/mol. The molecule has 0 bridgehead atoms. The van der Waals surface area contributed by atoms with Crippen molar-refractivity contribution in [3.8, 4) is 5.69 Å². The molecule has 1 aromatic heterocycles. The van der Waals surface area contributed by atoms with Crippen molar-refractivity contribution in [1.29, 1.82) is 0 Å². The van der Waals surface area contributed by atoms with Gasteiger partial charge >= 0.3 is 12.1 Å². The molecule has 168 valence electrons. The van der Waals surface area contributed by atoms with Gasteiger partial charge in [-0.3, -0.25) is 0 Å². The van der Waals surface area contributed by atoms with Crippen molar-refractivity contribution in [3.63, 3.8) is 0 Å². The molecule has 1 aliphatic carbocycles. The number of carbonyl (C=O) groups is 1. The largest absolute Gasteiger partial charge is 0.478 e. The summed E-state index contributed by atoms with van der Waals surface area (Å²) in [7, 11) is -4.71. The molecule has 6 nitrogen and oxygen atoms in total. The van der Waals surface area contributed by atoms with Crippen LogP contribution >= 0.6 is 11.6 Å². The van der Waals surface area contributed by atoms with E-state index in [0.717, 1.165) is 18.6 Å². The molecule has 1 N–H and O–H groups in total. The zero-order valence-electron chi connectivity index (χ0n) is 16.4. The first kappa shape index (κ1) is 22.3. The van der Waals surface area contributed by atoms with Gasteiger partial charge in [-0.25, -0.2) is 17.9 Å². The quantitative estimate of drug-likeness (QED) is 0.565. The first-order valence-electron chi connectivity index (χ1n) is 9.57. The molecule has 4 rings (SSSR count). The average Bonchev–Trinajstić information content (AvgIpc) is 3.13. The van der Waals surface area contributed by atoms with E-state index >= 15 is 0 Å². The van der Waals surface area contributed by atoms with E-state index in [4.69, 9.17) is 16.7 Å². The van der Waals surface area contributed by atoms with Crippen LogP contribution < -0.4 is 0 Å². The Morgan fingerprint density at radius 1 is 1.06 bits per heavy atom. The lowest BCUT2D eigenvalue weighted by molar-refractivity contribution is -0.139. The van der Waals surface area contributed by atoms with E-state index in [-0.39, 0.29) is 5.56 Å². The molecule has 32 heavy (non-hydrogen) atoms. The zero-order valence-corrected chi connectivity index (χ0v) is 17.9. The molecular weight excluding hydrogens is 469 g/mol. The first-order chi connectivity index (χ1) is 15.0. The third-order valence-electron chi connectivity index (χ3n) is 5.30. The van der Waals surface area contributed by atoms with E-state index in [1.54, 1.807) is 0 Å². The number of carboxylic acid groups (broad SMARTS) is 1. The van der Waals surface area contributed by atoms with Gasteiger partial charge in [0.2, 0.25) is 9.84 Å². The lowest BCUT2D eigenvalue weighted by atomic mass is 9.98. The number of aromatic nitrogens is 2. The highest BCUT2D eigenvalue weighted by Gasteiger charge is 2.41. The fourth-order valence-corrected chi connectivity index (χ4v) is 6.05. The Morgan fingerprint density at radius 3 is 2.34 bits per heavy atom. The summed E-state index contributed by atoms with van der Waals surface area (Å²) < 4.78 is 69.0. The Bertz CT molecular complexity index is 1320. The molecule has 0 saturated carbocycles. The van der Waals surface area contributed by atoms with E-state index in [2.05, 4.69) is 5.10 Å². The minimum Gasteiger partial charge on any atom is -0.478 e. The number of hydrogen-bond acceptors (Lipinski definition) is 4. The third-order valence-corrected chi connectivity index (χ3v) is 7.54. The van der Waals surface area contributed by atoms with Crippen LogP contribution in [-0.2, 0) is 28.9 Å². The Hall–Kier alpha value is -2.85. The van der Waals surface area contributed by atoms with Gasteiger partial charge in [-0.05, 0) is 62.1 Å². The molecule has 0 amide bonds. The van der Waals surface area contributed by atoms with Gasteiger partial charge in [-0.2, -0.15) is 18.3 Å². The number of carboxylic acids is 1. The number of sulfone groups is 1. The number of alkyl halides is 3. The summed E-state index contributed by atoms with van der Waals surface area (Å²) in [5.41, 5.74) is 0.0124. The zero-order chi connectivity index (χ0) is 23.3. The second-order valence-electron chi connectivity index (χ2n) is 7.32. The Morgan fingerprint density at radius 2 is 1.72 bits per heavy atom. The van der Waals surface area contributed by atoms with Crippen LogP contribution in [0.1, 0.15) is 40.0 Å². The van der Waals surface area contributed by atoms with Gasteiger partial charge < -0.3 is 5.11 Å². The van der Waals surface area contributed by atoms with Crippen molar-refractivity contribution in [2.45, 2.75) is 41.8 Å². The fourth-order valence-electron chi connectivity index (χ4n) is 3.84. The highest BCUT2D eigenvalue weighted by Crippen LogP contribution is 2.41. The van der Waals surface area contributed by atoms with E-state index in [1.807, 2.05) is 0 Å².